The Morgan fingerprint density at radius 3 is 2.88 bits per heavy atom. The van der Waals surface area contributed by atoms with Gasteiger partial charge in [-0.1, -0.05) is 32.1 Å². The summed E-state index contributed by atoms with van der Waals surface area (Å²) in [5.74, 6) is 2.06. The number of rotatable bonds is 4. The number of nitrogen functional groups attached to an aromatic ring is 1. The van der Waals surface area contributed by atoms with Crippen LogP contribution in [0.3, 0.4) is 0 Å². The second kappa shape index (κ2) is 5.68. The Balaban J connectivity index is 1.71. The lowest BCUT2D eigenvalue weighted by atomic mass is 9.87. The molecule has 1 saturated carbocycles. The third kappa shape index (κ3) is 3.36. The summed E-state index contributed by atoms with van der Waals surface area (Å²) in [6, 6.07) is 1.70. The van der Waals surface area contributed by atoms with Gasteiger partial charge >= 0.3 is 0 Å². The largest absolute Gasteiger partial charge is 0.384 e. The Morgan fingerprint density at radius 1 is 1.31 bits per heavy atom. The normalized spacial score (nSPS) is 17.2. The van der Waals surface area contributed by atoms with E-state index in [0.29, 0.717) is 11.8 Å². The van der Waals surface area contributed by atoms with Gasteiger partial charge < -0.3 is 11.1 Å². The van der Waals surface area contributed by atoms with Crippen molar-refractivity contribution < 1.29 is 0 Å². The maximum absolute atomic E-state index is 5.58. The smallest absolute Gasteiger partial charge is 0.224 e. The van der Waals surface area contributed by atoms with Gasteiger partial charge in [0.1, 0.15) is 5.82 Å². The monoisotopic (exact) mass is 220 g/mol. The predicted molar refractivity (Wildman–Crippen MR) is 66.1 cm³/mol. The molecule has 0 aromatic carbocycles. The minimum atomic E-state index is 0.523. The van der Waals surface area contributed by atoms with E-state index in [-0.39, 0.29) is 0 Å². The molecule has 1 aromatic rings. The zero-order valence-electron chi connectivity index (χ0n) is 9.65. The van der Waals surface area contributed by atoms with E-state index in [0.717, 1.165) is 12.5 Å². The number of hydrogen-bond donors (Lipinski definition) is 2. The molecule has 2 rings (SSSR count). The van der Waals surface area contributed by atoms with Crippen LogP contribution in [-0.2, 0) is 0 Å². The molecule has 1 heterocycles. The molecule has 1 aliphatic carbocycles. The molecule has 1 aromatic heterocycles. The highest BCUT2D eigenvalue weighted by atomic mass is 15.1. The first-order chi connectivity index (χ1) is 7.84. The first-order valence-electron chi connectivity index (χ1n) is 6.17. The van der Waals surface area contributed by atoms with Crippen molar-refractivity contribution >= 4 is 11.8 Å². The van der Waals surface area contributed by atoms with Crippen molar-refractivity contribution in [1.82, 2.24) is 9.97 Å². The number of aromatic nitrogens is 2. The number of anilines is 2. The number of nitrogens with zero attached hydrogens (tertiary/aromatic N) is 2. The number of nitrogens with one attached hydrogen (secondary N) is 1. The van der Waals surface area contributed by atoms with Crippen LogP contribution in [0, 0.1) is 5.92 Å². The lowest BCUT2D eigenvalue weighted by Gasteiger charge is -2.21. The van der Waals surface area contributed by atoms with Gasteiger partial charge in [0.2, 0.25) is 5.95 Å². The van der Waals surface area contributed by atoms with Gasteiger partial charge in [-0.15, -0.1) is 0 Å². The molecule has 1 fully saturated rings. The zero-order valence-corrected chi connectivity index (χ0v) is 9.65. The average molecular weight is 220 g/mol. The maximum Gasteiger partial charge on any atom is 0.224 e. The van der Waals surface area contributed by atoms with Crippen molar-refractivity contribution in [2.45, 2.75) is 38.5 Å². The van der Waals surface area contributed by atoms with E-state index in [2.05, 4.69) is 15.3 Å². The number of hydrogen-bond acceptors (Lipinski definition) is 4. The Labute approximate surface area is 96.7 Å². The quantitative estimate of drug-likeness (QED) is 0.818. The predicted octanol–water partition coefficient (Wildman–Crippen LogP) is 2.44. The standard InChI is InChI=1S/C12H20N4/c13-11-7-9-15-12(16-11)14-8-6-10-4-2-1-3-5-10/h7,9-10H,1-6,8H2,(H3,13,14,15,16). The summed E-state index contributed by atoms with van der Waals surface area (Å²) in [5, 5.41) is 3.23. The van der Waals surface area contributed by atoms with Gasteiger partial charge in [-0.3, -0.25) is 0 Å². The molecule has 4 nitrogen and oxygen atoms in total. The Hall–Kier alpha value is -1.32. The highest BCUT2D eigenvalue weighted by Crippen LogP contribution is 2.25. The summed E-state index contributed by atoms with van der Waals surface area (Å²) in [6.45, 7) is 0.953. The molecule has 1 aliphatic rings. The number of nitrogens with two attached hydrogens (primary N) is 1. The Bertz CT molecular complexity index is 321. The molecule has 3 N–H and O–H groups in total. The molecule has 16 heavy (non-hydrogen) atoms. The van der Waals surface area contributed by atoms with Gasteiger partial charge in [0.15, 0.2) is 0 Å². The van der Waals surface area contributed by atoms with Crippen molar-refractivity contribution in [3.8, 4) is 0 Å². The summed E-state index contributed by atoms with van der Waals surface area (Å²) >= 11 is 0. The van der Waals surface area contributed by atoms with E-state index in [1.807, 2.05) is 0 Å². The van der Waals surface area contributed by atoms with Crippen LogP contribution < -0.4 is 11.1 Å². The third-order valence-corrected chi connectivity index (χ3v) is 3.24. The van der Waals surface area contributed by atoms with E-state index in [1.165, 1.54) is 38.5 Å². The first kappa shape index (κ1) is 11.2. The van der Waals surface area contributed by atoms with Crippen LogP contribution in [0.4, 0.5) is 11.8 Å². The second-order valence-corrected chi connectivity index (χ2v) is 4.52. The van der Waals surface area contributed by atoms with Crippen molar-refractivity contribution in [3.63, 3.8) is 0 Å². The van der Waals surface area contributed by atoms with Crippen LogP contribution in [0.25, 0.3) is 0 Å². The summed E-state index contributed by atoms with van der Waals surface area (Å²) in [5.41, 5.74) is 5.58. The Morgan fingerprint density at radius 2 is 2.12 bits per heavy atom. The molecule has 0 saturated heterocycles. The van der Waals surface area contributed by atoms with Gasteiger partial charge in [0.25, 0.3) is 0 Å². The van der Waals surface area contributed by atoms with Crippen LogP contribution in [0.1, 0.15) is 38.5 Å². The molecule has 0 radical (unpaired) electrons. The lowest BCUT2D eigenvalue weighted by Crippen LogP contribution is -2.13. The Kier molecular flexibility index (Phi) is 3.97. The molecule has 0 atom stereocenters. The first-order valence-corrected chi connectivity index (χ1v) is 6.17. The topological polar surface area (TPSA) is 63.8 Å². The van der Waals surface area contributed by atoms with Gasteiger partial charge in [0.05, 0.1) is 0 Å². The van der Waals surface area contributed by atoms with Crippen molar-refractivity contribution in [2.75, 3.05) is 17.6 Å². The molecule has 88 valence electrons. The van der Waals surface area contributed by atoms with E-state index in [4.69, 9.17) is 5.73 Å². The summed E-state index contributed by atoms with van der Waals surface area (Å²) in [4.78, 5) is 8.23. The van der Waals surface area contributed by atoms with E-state index >= 15 is 0 Å². The summed E-state index contributed by atoms with van der Waals surface area (Å²) in [7, 11) is 0. The van der Waals surface area contributed by atoms with Gasteiger partial charge in [-0.05, 0) is 18.4 Å². The van der Waals surface area contributed by atoms with Crippen LogP contribution in [0.15, 0.2) is 12.3 Å². The van der Waals surface area contributed by atoms with Crippen LogP contribution in [-0.4, -0.2) is 16.5 Å². The fraction of sp³-hybridized carbons (Fsp3) is 0.667. The molecule has 0 aliphatic heterocycles. The van der Waals surface area contributed by atoms with Crippen LogP contribution in [0.2, 0.25) is 0 Å². The molecule has 0 spiro atoms. The van der Waals surface area contributed by atoms with Crippen LogP contribution in [0.5, 0.6) is 0 Å². The summed E-state index contributed by atoms with van der Waals surface area (Å²) in [6.07, 6.45) is 9.91. The lowest BCUT2D eigenvalue weighted by molar-refractivity contribution is 0.345. The SMILES string of the molecule is Nc1ccnc(NCCC2CCCCC2)n1. The van der Waals surface area contributed by atoms with Gasteiger partial charge in [-0.25, -0.2) is 4.98 Å². The van der Waals surface area contributed by atoms with Crippen LogP contribution >= 0.6 is 0 Å². The van der Waals surface area contributed by atoms with Gasteiger partial charge in [-0.2, -0.15) is 4.98 Å². The fourth-order valence-corrected chi connectivity index (χ4v) is 2.32. The molecule has 0 bridgehead atoms. The third-order valence-electron chi connectivity index (χ3n) is 3.24. The molecule has 0 amide bonds. The molecular formula is C12H20N4. The van der Waals surface area contributed by atoms with E-state index in [1.54, 1.807) is 12.3 Å². The average Bonchev–Trinajstić information content (AvgIpc) is 2.30. The van der Waals surface area contributed by atoms with E-state index < -0.39 is 0 Å². The van der Waals surface area contributed by atoms with E-state index in [9.17, 15) is 0 Å². The minimum absolute atomic E-state index is 0.523. The van der Waals surface area contributed by atoms with Crippen molar-refractivity contribution in [3.05, 3.63) is 12.3 Å². The highest BCUT2D eigenvalue weighted by Gasteiger charge is 2.12. The molecule has 0 unspecified atom stereocenters. The molecular weight excluding hydrogens is 200 g/mol. The maximum atomic E-state index is 5.58. The second-order valence-electron chi connectivity index (χ2n) is 4.52. The zero-order chi connectivity index (χ0) is 11.2. The van der Waals surface area contributed by atoms with Gasteiger partial charge in [0, 0.05) is 12.7 Å². The fourth-order valence-electron chi connectivity index (χ4n) is 2.32. The highest BCUT2D eigenvalue weighted by molar-refractivity contribution is 5.34. The molecule has 4 heteroatoms. The minimum Gasteiger partial charge on any atom is -0.384 e. The summed E-state index contributed by atoms with van der Waals surface area (Å²) < 4.78 is 0. The van der Waals surface area contributed by atoms with Crippen molar-refractivity contribution in [2.24, 2.45) is 5.92 Å². The van der Waals surface area contributed by atoms with Crippen molar-refractivity contribution in [1.29, 1.82) is 0 Å².